The minimum absolute atomic E-state index is 0.104. The molecule has 1 aromatic heterocycles. The van der Waals surface area contributed by atoms with Crippen LogP contribution < -0.4 is 5.32 Å². The number of rotatable bonds is 5. The molecule has 0 spiro atoms. The lowest BCUT2D eigenvalue weighted by Gasteiger charge is -2.05. The Morgan fingerprint density at radius 2 is 1.93 bits per heavy atom. The topological polar surface area (TPSA) is 68.0 Å². The fourth-order valence-corrected chi connectivity index (χ4v) is 3.24. The Morgan fingerprint density at radius 3 is 2.79 bits per heavy atom. The number of nitrogens with zero attached hydrogens (tertiary/aromatic N) is 2. The van der Waals surface area contributed by atoms with Crippen LogP contribution in [0.1, 0.15) is 12.3 Å². The number of aryl methyl sites for hydroxylation is 1. The Morgan fingerprint density at radius 1 is 1.11 bits per heavy atom. The largest absolute Gasteiger partial charge is 0.339 e. The Hall–Kier alpha value is -3.06. The van der Waals surface area contributed by atoms with Crippen molar-refractivity contribution in [3.8, 4) is 11.4 Å². The van der Waals surface area contributed by atoms with Gasteiger partial charge < -0.3 is 9.84 Å². The maximum absolute atomic E-state index is 13.8. The van der Waals surface area contributed by atoms with Gasteiger partial charge >= 0.3 is 0 Å². The summed E-state index contributed by atoms with van der Waals surface area (Å²) in [7, 11) is 0. The van der Waals surface area contributed by atoms with Crippen molar-refractivity contribution in [3.63, 3.8) is 0 Å². The first-order chi connectivity index (χ1) is 13.6. The van der Waals surface area contributed by atoms with E-state index < -0.39 is 5.82 Å². The van der Waals surface area contributed by atoms with Crippen LogP contribution in [0.3, 0.4) is 0 Å². The van der Waals surface area contributed by atoms with Crippen LogP contribution in [0.5, 0.6) is 0 Å². The molecule has 0 saturated carbocycles. The summed E-state index contributed by atoms with van der Waals surface area (Å²) in [6.45, 7) is 0. The quantitative estimate of drug-likeness (QED) is 0.454. The van der Waals surface area contributed by atoms with E-state index in [1.165, 1.54) is 12.1 Å². The van der Waals surface area contributed by atoms with E-state index in [1.54, 1.807) is 6.07 Å². The summed E-state index contributed by atoms with van der Waals surface area (Å²) in [5.41, 5.74) is 1.00. The molecule has 0 bridgehead atoms. The van der Waals surface area contributed by atoms with Gasteiger partial charge in [-0.1, -0.05) is 63.6 Å². The molecule has 0 saturated heterocycles. The van der Waals surface area contributed by atoms with Crippen molar-refractivity contribution in [2.24, 2.45) is 0 Å². The molecule has 0 aliphatic heterocycles. The molecule has 28 heavy (non-hydrogen) atoms. The molecule has 1 N–H and O–H groups in total. The van der Waals surface area contributed by atoms with Crippen molar-refractivity contribution in [1.82, 2.24) is 10.1 Å². The van der Waals surface area contributed by atoms with Gasteiger partial charge in [0.2, 0.25) is 17.6 Å². The summed E-state index contributed by atoms with van der Waals surface area (Å²) in [6, 6.07) is 18.3. The van der Waals surface area contributed by atoms with E-state index in [1.807, 2.05) is 42.5 Å². The van der Waals surface area contributed by atoms with Crippen LogP contribution in [0.15, 0.2) is 69.7 Å². The molecule has 1 heterocycles. The van der Waals surface area contributed by atoms with Crippen LogP contribution in [0, 0.1) is 5.82 Å². The molecule has 140 valence electrons. The third-order valence-corrected chi connectivity index (χ3v) is 4.76. The predicted molar refractivity (Wildman–Crippen MR) is 108 cm³/mol. The van der Waals surface area contributed by atoms with Gasteiger partial charge in [0.05, 0.1) is 5.69 Å². The molecule has 0 radical (unpaired) electrons. The van der Waals surface area contributed by atoms with Crippen molar-refractivity contribution in [1.29, 1.82) is 0 Å². The van der Waals surface area contributed by atoms with Crippen LogP contribution >= 0.6 is 15.9 Å². The third-order valence-electron chi connectivity index (χ3n) is 4.27. The molecule has 0 aliphatic rings. The van der Waals surface area contributed by atoms with Gasteiger partial charge in [0.1, 0.15) is 5.82 Å². The fourth-order valence-electron chi connectivity index (χ4n) is 2.91. The van der Waals surface area contributed by atoms with Gasteiger partial charge in [0.25, 0.3) is 0 Å². The summed E-state index contributed by atoms with van der Waals surface area (Å²) < 4.78 is 19.7. The number of hydrogen-bond donors (Lipinski definition) is 1. The molecule has 4 aromatic rings. The standard InChI is InChI=1S/C21H15BrFN3O2/c22-14-8-9-18(17(23)12-14)24-19(27)10-11-20-25-21(26-28-20)16-7-3-5-13-4-1-2-6-15(13)16/h1-9,12H,10-11H2,(H,24,27). The number of carbonyl (C=O) groups is 1. The van der Waals surface area contributed by atoms with Crippen LogP contribution in [-0.4, -0.2) is 16.0 Å². The van der Waals surface area contributed by atoms with E-state index in [9.17, 15) is 9.18 Å². The minimum atomic E-state index is -0.501. The van der Waals surface area contributed by atoms with Gasteiger partial charge in [0, 0.05) is 22.9 Å². The highest BCUT2D eigenvalue weighted by Crippen LogP contribution is 2.26. The molecule has 0 aliphatic carbocycles. The number of anilines is 1. The van der Waals surface area contributed by atoms with E-state index in [-0.39, 0.29) is 24.4 Å². The Bertz CT molecular complexity index is 1150. The van der Waals surface area contributed by atoms with Crippen LogP contribution in [0.4, 0.5) is 10.1 Å². The first-order valence-corrected chi connectivity index (χ1v) is 9.45. The first kappa shape index (κ1) is 18.3. The fraction of sp³-hybridized carbons (Fsp3) is 0.0952. The molecule has 5 nitrogen and oxygen atoms in total. The van der Waals surface area contributed by atoms with Crippen LogP contribution in [0.2, 0.25) is 0 Å². The third kappa shape index (κ3) is 3.94. The summed E-state index contributed by atoms with van der Waals surface area (Å²) in [5.74, 6) is 0.00501. The number of fused-ring (bicyclic) bond motifs is 1. The monoisotopic (exact) mass is 439 g/mol. The number of halogens is 2. The Balaban J connectivity index is 1.44. The number of aromatic nitrogens is 2. The molecule has 4 rings (SSSR count). The van der Waals surface area contributed by atoms with E-state index in [0.717, 1.165) is 16.3 Å². The molecule has 1 amide bonds. The average molecular weight is 440 g/mol. The van der Waals surface area contributed by atoms with Crippen molar-refractivity contribution < 1.29 is 13.7 Å². The second kappa shape index (κ2) is 7.90. The SMILES string of the molecule is O=C(CCc1nc(-c2cccc3ccccc23)no1)Nc1ccc(Br)cc1F. The highest BCUT2D eigenvalue weighted by molar-refractivity contribution is 9.10. The van der Waals surface area contributed by atoms with E-state index in [4.69, 9.17) is 4.52 Å². The zero-order valence-electron chi connectivity index (χ0n) is 14.7. The van der Waals surface area contributed by atoms with Crippen LogP contribution in [-0.2, 0) is 11.2 Å². The van der Waals surface area contributed by atoms with E-state index in [0.29, 0.717) is 16.2 Å². The van der Waals surface area contributed by atoms with Gasteiger partial charge in [-0.3, -0.25) is 4.79 Å². The van der Waals surface area contributed by atoms with Gasteiger partial charge in [-0.05, 0) is 29.0 Å². The molecule has 0 fully saturated rings. The second-order valence-corrected chi connectivity index (χ2v) is 7.13. The average Bonchev–Trinajstić information content (AvgIpc) is 3.17. The summed E-state index contributed by atoms with van der Waals surface area (Å²) in [6.07, 6.45) is 0.369. The Kier molecular flexibility index (Phi) is 5.16. The highest BCUT2D eigenvalue weighted by atomic mass is 79.9. The van der Waals surface area contributed by atoms with Crippen LogP contribution in [0.25, 0.3) is 22.2 Å². The van der Waals surface area contributed by atoms with Crippen molar-refractivity contribution in [3.05, 3.63) is 76.8 Å². The lowest BCUT2D eigenvalue weighted by atomic mass is 10.0. The van der Waals surface area contributed by atoms with Gasteiger partial charge in [-0.15, -0.1) is 0 Å². The normalized spacial score (nSPS) is 10.9. The number of amides is 1. The summed E-state index contributed by atoms with van der Waals surface area (Å²) in [4.78, 5) is 16.5. The van der Waals surface area contributed by atoms with Crippen molar-refractivity contribution in [2.45, 2.75) is 12.8 Å². The van der Waals surface area contributed by atoms with Gasteiger partial charge in [-0.25, -0.2) is 4.39 Å². The lowest BCUT2D eigenvalue weighted by molar-refractivity contribution is -0.116. The summed E-state index contributed by atoms with van der Waals surface area (Å²) >= 11 is 3.18. The van der Waals surface area contributed by atoms with E-state index in [2.05, 4.69) is 31.4 Å². The van der Waals surface area contributed by atoms with Crippen molar-refractivity contribution >= 4 is 38.3 Å². The van der Waals surface area contributed by atoms with E-state index >= 15 is 0 Å². The maximum atomic E-state index is 13.8. The Labute approximate surface area is 168 Å². The lowest BCUT2D eigenvalue weighted by Crippen LogP contribution is -2.13. The van der Waals surface area contributed by atoms with Gasteiger partial charge in [0.15, 0.2) is 0 Å². The molecule has 0 atom stereocenters. The number of benzene rings is 3. The predicted octanol–water partition coefficient (Wildman–Crippen LogP) is 5.36. The minimum Gasteiger partial charge on any atom is -0.339 e. The molecular weight excluding hydrogens is 425 g/mol. The zero-order valence-corrected chi connectivity index (χ0v) is 16.2. The zero-order chi connectivity index (χ0) is 19.5. The number of hydrogen-bond acceptors (Lipinski definition) is 4. The number of carbonyl (C=O) groups excluding carboxylic acids is 1. The summed E-state index contributed by atoms with van der Waals surface area (Å²) in [5, 5.41) is 8.70. The van der Waals surface area contributed by atoms with Crippen molar-refractivity contribution in [2.75, 3.05) is 5.32 Å². The molecule has 3 aromatic carbocycles. The number of nitrogens with one attached hydrogen (secondary N) is 1. The molecule has 7 heteroatoms. The molecular formula is C21H15BrFN3O2. The maximum Gasteiger partial charge on any atom is 0.227 e. The van der Waals surface area contributed by atoms with Gasteiger partial charge in [-0.2, -0.15) is 4.98 Å². The first-order valence-electron chi connectivity index (χ1n) is 8.66. The highest BCUT2D eigenvalue weighted by Gasteiger charge is 2.13. The second-order valence-electron chi connectivity index (χ2n) is 6.21. The smallest absolute Gasteiger partial charge is 0.227 e. The molecule has 0 unspecified atom stereocenters.